The minimum Gasteiger partial charge on any atom is -0.487 e. The van der Waals surface area contributed by atoms with Gasteiger partial charge in [0.2, 0.25) is 6.29 Å². The molecule has 2 aromatic rings. The third-order valence-electron chi connectivity index (χ3n) is 2.94. The summed E-state index contributed by atoms with van der Waals surface area (Å²) in [5, 5.41) is 0. The van der Waals surface area contributed by atoms with Crippen molar-refractivity contribution in [3.05, 3.63) is 60.7 Å². The molecule has 2 aromatic carbocycles. The molecule has 0 bridgehead atoms. The molecule has 0 spiro atoms. The zero-order valence-electron chi connectivity index (χ0n) is 12.4. The second-order valence-electron chi connectivity index (χ2n) is 4.71. The first-order chi connectivity index (χ1) is 10.4. The predicted molar refractivity (Wildman–Crippen MR) is 87.5 cm³/mol. The first-order valence-electron chi connectivity index (χ1n) is 7.39. The number of benzene rings is 2. The van der Waals surface area contributed by atoms with E-state index in [0.717, 1.165) is 24.0 Å². The molecule has 0 heterocycles. The maximum absolute atomic E-state index is 5.90. The molecule has 0 aliphatic carbocycles. The highest BCUT2D eigenvalue weighted by molar-refractivity contribution is 6.27. The van der Waals surface area contributed by atoms with E-state index in [1.54, 1.807) is 0 Å². The highest BCUT2D eigenvalue weighted by atomic mass is 28.2. The van der Waals surface area contributed by atoms with Gasteiger partial charge in [0, 0.05) is 0 Å². The standard InChI is InChI=1S/C17H22O3Si/c1-2-13-21-20-17(19-16-11-7-4-8-12-16)14-18-15-9-5-3-6-10-15/h3-12,17H,2,13-14,21H2,1H3. The zero-order chi connectivity index (χ0) is 14.8. The van der Waals surface area contributed by atoms with Crippen LogP contribution in [0.3, 0.4) is 0 Å². The smallest absolute Gasteiger partial charge is 0.224 e. The van der Waals surface area contributed by atoms with Crippen LogP contribution in [0, 0.1) is 0 Å². The molecule has 0 radical (unpaired) electrons. The summed E-state index contributed by atoms with van der Waals surface area (Å²) < 4.78 is 17.5. The monoisotopic (exact) mass is 302 g/mol. The normalized spacial score (nSPS) is 12.4. The third kappa shape index (κ3) is 6.02. The fraction of sp³-hybridized carbons (Fsp3) is 0.294. The van der Waals surface area contributed by atoms with Crippen LogP contribution in [0.1, 0.15) is 13.3 Å². The molecular weight excluding hydrogens is 280 g/mol. The lowest BCUT2D eigenvalue weighted by molar-refractivity contribution is -0.0264. The molecule has 0 saturated heterocycles. The second kappa shape index (κ2) is 9.21. The summed E-state index contributed by atoms with van der Waals surface area (Å²) in [4.78, 5) is 0. The van der Waals surface area contributed by atoms with Crippen LogP contribution in [0.25, 0.3) is 0 Å². The van der Waals surface area contributed by atoms with Gasteiger partial charge in [-0.25, -0.2) is 0 Å². The van der Waals surface area contributed by atoms with E-state index in [4.69, 9.17) is 13.9 Å². The molecule has 0 N–H and O–H groups in total. The minimum absolute atomic E-state index is 0.342. The van der Waals surface area contributed by atoms with Crippen molar-refractivity contribution >= 4 is 9.76 Å². The lowest BCUT2D eigenvalue weighted by Gasteiger charge is -2.20. The average Bonchev–Trinajstić information content (AvgIpc) is 2.54. The SMILES string of the molecule is CCC[SiH2]OC(COc1ccccc1)Oc1ccccc1. The van der Waals surface area contributed by atoms with Gasteiger partial charge in [0.25, 0.3) is 0 Å². The molecule has 21 heavy (non-hydrogen) atoms. The molecule has 0 saturated carbocycles. The van der Waals surface area contributed by atoms with Crippen LogP contribution in [-0.4, -0.2) is 22.7 Å². The number of hydrogen-bond acceptors (Lipinski definition) is 3. The maximum atomic E-state index is 5.90. The second-order valence-corrected chi connectivity index (χ2v) is 6.16. The fourth-order valence-corrected chi connectivity index (χ4v) is 2.69. The van der Waals surface area contributed by atoms with Gasteiger partial charge in [-0.1, -0.05) is 49.7 Å². The van der Waals surface area contributed by atoms with Crippen molar-refractivity contribution in [2.75, 3.05) is 6.61 Å². The molecule has 2 rings (SSSR count). The average molecular weight is 302 g/mol. The van der Waals surface area contributed by atoms with Gasteiger partial charge in [0.15, 0.2) is 9.76 Å². The van der Waals surface area contributed by atoms with E-state index < -0.39 is 9.76 Å². The summed E-state index contributed by atoms with van der Waals surface area (Å²) >= 11 is 0. The molecular formula is C17H22O3Si. The molecule has 0 fully saturated rings. The highest BCUT2D eigenvalue weighted by Gasteiger charge is 2.11. The Morgan fingerprint density at radius 3 is 2.14 bits per heavy atom. The summed E-state index contributed by atoms with van der Waals surface area (Å²) in [6, 6.07) is 20.6. The summed E-state index contributed by atoms with van der Waals surface area (Å²) in [7, 11) is -0.557. The summed E-state index contributed by atoms with van der Waals surface area (Å²) in [6.45, 7) is 2.57. The van der Waals surface area contributed by atoms with Crippen LogP contribution >= 0.6 is 0 Å². The molecule has 0 amide bonds. The number of para-hydroxylation sites is 2. The van der Waals surface area contributed by atoms with E-state index in [1.165, 1.54) is 0 Å². The highest BCUT2D eigenvalue weighted by Crippen LogP contribution is 2.14. The topological polar surface area (TPSA) is 27.7 Å². The van der Waals surface area contributed by atoms with Crippen molar-refractivity contribution in [1.82, 2.24) is 0 Å². The van der Waals surface area contributed by atoms with Gasteiger partial charge in [-0.05, 0) is 30.3 Å². The first kappa shape index (κ1) is 15.6. The molecule has 1 unspecified atom stereocenters. The number of ether oxygens (including phenoxy) is 2. The van der Waals surface area contributed by atoms with Crippen molar-refractivity contribution in [3.8, 4) is 11.5 Å². The molecule has 112 valence electrons. The van der Waals surface area contributed by atoms with Crippen molar-refractivity contribution in [3.63, 3.8) is 0 Å². The molecule has 1 atom stereocenters. The molecule has 0 aliphatic rings. The molecule has 0 aromatic heterocycles. The largest absolute Gasteiger partial charge is 0.487 e. The Morgan fingerprint density at radius 2 is 1.52 bits per heavy atom. The van der Waals surface area contributed by atoms with E-state index in [-0.39, 0.29) is 6.29 Å². The van der Waals surface area contributed by atoms with Gasteiger partial charge in [-0.3, -0.25) is 0 Å². The Balaban J connectivity index is 1.88. The van der Waals surface area contributed by atoms with Gasteiger partial charge in [-0.15, -0.1) is 0 Å². The van der Waals surface area contributed by atoms with E-state index >= 15 is 0 Å². The van der Waals surface area contributed by atoms with Gasteiger partial charge < -0.3 is 13.9 Å². The van der Waals surface area contributed by atoms with Crippen LogP contribution in [-0.2, 0) is 4.43 Å². The Labute approximate surface area is 128 Å². The van der Waals surface area contributed by atoms with E-state index in [0.29, 0.717) is 6.61 Å². The van der Waals surface area contributed by atoms with Crippen LogP contribution < -0.4 is 9.47 Å². The van der Waals surface area contributed by atoms with E-state index in [9.17, 15) is 0 Å². The fourth-order valence-electron chi connectivity index (χ4n) is 1.81. The van der Waals surface area contributed by atoms with Crippen LogP contribution in [0.4, 0.5) is 0 Å². The van der Waals surface area contributed by atoms with Gasteiger partial charge >= 0.3 is 0 Å². The van der Waals surface area contributed by atoms with Crippen molar-refractivity contribution in [2.45, 2.75) is 25.7 Å². The Kier molecular flexibility index (Phi) is 6.84. The molecule has 4 heteroatoms. The zero-order valence-corrected chi connectivity index (χ0v) is 13.8. The Hall–Kier alpha value is -1.78. The summed E-state index contributed by atoms with van der Waals surface area (Å²) in [5.74, 6) is 1.64. The van der Waals surface area contributed by atoms with Crippen molar-refractivity contribution < 1.29 is 13.9 Å². The lowest BCUT2D eigenvalue weighted by atomic mass is 10.3. The molecule has 0 aliphatic heterocycles. The third-order valence-corrected chi connectivity index (χ3v) is 4.54. The summed E-state index contributed by atoms with van der Waals surface area (Å²) in [5.41, 5.74) is 0. The van der Waals surface area contributed by atoms with Crippen molar-refractivity contribution in [2.24, 2.45) is 0 Å². The van der Waals surface area contributed by atoms with Gasteiger partial charge in [0.05, 0.1) is 0 Å². The molecule has 3 nitrogen and oxygen atoms in total. The van der Waals surface area contributed by atoms with Gasteiger partial charge in [0.1, 0.15) is 18.1 Å². The quantitative estimate of drug-likeness (QED) is 0.404. The number of hydrogen-bond donors (Lipinski definition) is 0. The Morgan fingerprint density at radius 1 is 0.905 bits per heavy atom. The van der Waals surface area contributed by atoms with Gasteiger partial charge in [-0.2, -0.15) is 0 Å². The Bertz CT molecular complexity index is 490. The summed E-state index contributed by atoms with van der Waals surface area (Å²) in [6.07, 6.45) is 0.815. The minimum atomic E-state index is -0.557. The van der Waals surface area contributed by atoms with Crippen LogP contribution in [0.5, 0.6) is 11.5 Å². The van der Waals surface area contributed by atoms with E-state index in [2.05, 4.69) is 6.92 Å². The number of rotatable bonds is 9. The maximum Gasteiger partial charge on any atom is 0.224 e. The first-order valence-corrected chi connectivity index (χ1v) is 8.97. The van der Waals surface area contributed by atoms with E-state index in [1.807, 2.05) is 60.7 Å². The predicted octanol–water partition coefficient (Wildman–Crippen LogP) is 3.40. The van der Waals surface area contributed by atoms with Crippen LogP contribution in [0.2, 0.25) is 6.04 Å². The van der Waals surface area contributed by atoms with Crippen molar-refractivity contribution in [1.29, 1.82) is 0 Å². The van der Waals surface area contributed by atoms with Crippen LogP contribution in [0.15, 0.2) is 60.7 Å². The lowest BCUT2D eigenvalue weighted by Crippen LogP contribution is -2.29.